The van der Waals surface area contributed by atoms with Crippen molar-refractivity contribution >= 4 is 69.1 Å². The third kappa shape index (κ3) is 3.80. The average Bonchev–Trinajstić information content (AvgIpc) is 3.01. The molecule has 1 aliphatic heterocycles. The van der Waals surface area contributed by atoms with E-state index in [1.807, 2.05) is 0 Å². The number of anilines is 1. The molecular weight excluding hydrogens is 458 g/mol. The Hall–Kier alpha value is -1.04. The Bertz CT molecular complexity index is 892. The number of rotatable bonds is 4. The van der Waals surface area contributed by atoms with E-state index in [0.29, 0.717) is 57.9 Å². The van der Waals surface area contributed by atoms with Crippen LogP contribution in [0, 0.1) is 11.3 Å². The molecule has 0 bridgehead atoms. The number of nitrogens with zero attached hydrogens (tertiary/aromatic N) is 2. The van der Waals surface area contributed by atoms with Crippen molar-refractivity contribution in [1.29, 1.82) is 5.26 Å². The molecule has 0 aliphatic carbocycles. The topological polar surface area (TPSA) is 53.3 Å². The SMILES string of the molecule is BC(Br)C(=O)c1sc(N2CCOCC2)c(C#N)c1-c1ccc(Cl)cc1Cl. The molecule has 1 saturated heterocycles. The minimum absolute atomic E-state index is 0.0768. The molecule has 1 unspecified atom stereocenters. The number of nitriles is 1. The molecule has 1 atom stereocenters. The maximum atomic E-state index is 12.8. The predicted octanol–water partition coefficient (Wildman–Crippen LogP) is 3.97. The van der Waals surface area contributed by atoms with Gasteiger partial charge in [0.25, 0.3) is 0 Å². The van der Waals surface area contributed by atoms with Gasteiger partial charge in [-0.15, -0.1) is 11.3 Å². The number of morpholine rings is 1. The lowest BCUT2D eigenvalue weighted by Crippen LogP contribution is -2.36. The number of benzene rings is 1. The molecule has 0 N–H and O–H groups in total. The third-order valence-electron chi connectivity index (χ3n) is 4.09. The molecule has 134 valence electrons. The summed E-state index contributed by atoms with van der Waals surface area (Å²) in [7, 11) is 1.77. The highest BCUT2D eigenvalue weighted by Gasteiger charge is 2.29. The van der Waals surface area contributed by atoms with E-state index in [-0.39, 0.29) is 10.5 Å². The number of halogens is 3. The molecule has 26 heavy (non-hydrogen) atoms. The highest BCUT2D eigenvalue weighted by Crippen LogP contribution is 2.45. The van der Waals surface area contributed by atoms with E-state index in [9.17, 15) is 10.1 Å². The second kappa shape index (κ2) is 8.32. The summed E-state index contributed by atoms with van der Waals surface area (Å²) in [5, 5.41) is 11.6. The standard InChI is InChI=1S/C17H14BBrCl2N2O2S/c18-16(19)14(24)15-13(10-2-1-9(20)7-12(10)21)11(8-22)17(26-15)23-3-5-25-6-4-23/h1-2,7,16H,3-6,18H2. The number of carbonyl (C=O) groups excluding carboxylic acids is 1. The van der Waals surface area contributed by atoms with Crippen LogP contribution in [-0.4, -0.2) is 44.7 Å². The molecule has 0 radical (unpaired) electrons. The van der Waals surface area contributed by atoms with Gasteiger partial charge in [0, 0.05) is 39.0 Å². The van der Waals surface area contributed by atoms with E-state index in [1.165, 1.54) is 11.3 Å². The minimum Gasteiger partial charge on any atom is -0.378 e. The molecule has 4 nitrogen and oxygen atoms in total. The maximum Gasteiger partial charge on any atom is 0.178 e. The van der Waals surface area contributed by atoms with Gasteiger partial charge < -0.3 is 9.64 Å². The number of Topliss-reactive ketones (excluding diaryl/α,β-unsaturated/α-hetero) is 1. The van der Waals surface area contributed by atoms with Crippen LogP contribution >= 0.6 is 50.5 Å². The first-order chi connectivity index (χ1) is 12.4. The molecule has 3 rings (SSSR count). The van der Waals surface area contributed by atoms with Crippen molar-refractivity contribution in [1.82, 2.24) is 0 Å². The fraction of sp³-hybridized carbons (Fsp3) is 0.294. The quantitative estimate of drug-likeness (QED) is 0.384. The van der Waals surface area contributed by atoms with Gasteiger partial charge in [0.15, 0.2) is 5.78 Å². The van der Waals surface area contributed by atoms with Crippen molar-refractivity contribution < 1.29 is 9.53 Å². The van der Waals surface area contributed by atoms with Crippen molar-refractivity contribution in [2.45, 2.75) is 4.73 Å². The van der Waals surface area contributed by atoms with Crippen molar-refractivity contribution in [3.05, 3.63) is 38.7 Å². The van der Waals surface area contributed by atoms with E-state index in [0.717, 1.165) is 5.00 Å². The number of ketones is 1. The summed E-state index contributed by atoms with van der Waals surface area (Å²) < 4.78 is 5.04. The molecule has 0 amide bonds. The first-order valence-electron chi connectivity index (χ1n) is 7.97. The fourth-order valence-corrected chi connectivity index (χ4v) is 5.05. The number of hydrogen-bond acceptors (Lipinski definition) is 5. The largest absolute Gasteiger partial charge is 0.378 e. The molecule has 0 saturated carbocycles. The summed E-state index contributed by atoms with van der Waals surface area (Å²) in [6, 6.07) is 7.37. The molecule has 9 heteroatoms. The van der Waals surface area contributed by atoms with Gasteiger partial charge in [-0.1, -0.05) is 45.2 Å². The molecule has 2 heterocycles. The molecule has 0 spiro atoms. The summed E-state index contributed by atoms with van der Waals surface area (Å²) in [6.45, 7) is 2.55. The molecule has 1 aromatic heterocycles. The Labute approximate surface area is 175 Å². The Morgan fingerprint density at radius 1 is 1.38 bits per heavy atom. The lowest BCUT2D eigenvalue weighted by atomic mass is 9.94. The Balaban J connectivity index is 2.24. The molecule has 2 aromatic rings. The number of thiophene rings is 1. The number of hydrogen-bond donors (Lipinski definition) is 0. The lowest BCUT2D eigenvalue weighted by molar-refractivity contribution is 0.101. The predicted molar refractivity (Wildman–Crippen MR) is 113 cm³/mol. The average molecular weight is 472 g/mol. The second-order valence-corrected chi connectivity index (χ2v) is 9.02. The van der Waals surface area contributed by atoms with Crippen LogP contribution in [0.25, 0.3) is 11.1 Å². The van der Waals surface area contributed by atoms with E-state index in [1.54, 1.807) is 26.0 Å². The summed E-state index contributed by atoms with van der Waals surface area (Å²) in [4.78, 5) is 15.4. The summed E-state index contributed by atoms with van der Waals surface area (Å²) in [5.74, 6) is -0.0768. The second-order valence-electron chi connectivity index (χ2n) is 5.80. The smallest absolute Gasteiger partial charge is 0.178 e. The van der Waals surface area contributed by atoms with Gasteiger partial charge in [0.05, 0.1) is 23.7 Å². The number of carbonyl (C=O) groups is 1. The summed E-state index contributed by atoms with van der Waals surface area (Å²) in [6.07, 6.45) is 0. The monoisotopic (exact) mass is 470 g/mol. The van der Waals surface area contributed by atoms with Gasteiger partial charge >= 0.3 is 0 Å². The van der Waals surface area contributed by atoms with Crippen molar-refractivity contribution in [3.8, 4) is 17.2 Å². The van der Waals surface area contributed by atoms with Crippen molar-refractivity contribution in [2.24, 2.45) is 0 Å². The molecule has 1 aliphatic rings. The number of ether oxygens (including phenoxy) is 1. The summed E-state index contributed by atoms with van der Waals surface area (Å²) >= 11 is 17.1. The van der Waals surface area contributed by atoms with Gasteiger partial charge in [-0.25, -0.2) is 0 Å². The molecule has 1 aromatic carbocycles. The minimum atomic E-state index is -0.366. The van der Waals surface area contributed by atoms with Gasteiger partial charge in [-0.3, -0.25) is 4.79 Å². The van der Waals surface area contributed by atoms with Gasteiger partial charge in [0.2, 0.25) is 0 Å². The van der Waals surface area contributed by atoms with Crippen LogP contribution in [0.5, 0.6) is 0 Å². The van der Waals surface area contributed by atoms with Crippen LogP contribution < -0.4 is 4.90 Å². The third-order valence-corrected chi connectivity index (χ3v) is 6.31. The Morgan fingerprint density at radius 2 is 2.08 bits per heavy atom. The maximum absolute atomic E-state index is 12.8. The first kappa shape index (κ1) is 19.7. The first-order valence-corrected chi connectivity index (χ1v) is 10.5. The zero-order valence-electron chi connectivity index (χ0n) is 13.9. The normalized spacial score (nSPS) is 15.5. The highest BCUT2D eigenvalue weighted by atomic mass is 79.9. The molecular formula is C17H14BBrCl2N2O2S. The molecule has 1 fully saturated rings. The van der Waals surface area contributed by atoms with Crippen LogP contribution in [0.4, 0.5) is 5.00 Å². The lowest BCUT2D eigenvalue weighted by Gasteiger charge is -2.27. The Kier molecular flexibility index (Phi) is 6.31. The van der Waals surface area contributed by atoms with Gasteiger partial charge in [-0.2, -0.15) is 5.26 Å². The van der Waals surface area contributed by atoms with E-state index in [4.69, 9.17) is 27.9 Å². The van der Waals surface area contributed by atoms with Crippen molar-refractivity contribution in [3.63, 3.8) is 0 Å². The van der Waals surface area contributed by atoms with E-state index in [2.05, 4.69) is 26.9 Å². The highest BCUT2D eigenvalue weighted by molar-refractivity contribution is 9.10. The zero-order valence-corrected chi connectivity index (χ0v) is 17.8. The van der Waals surface area contributed by atoms with Gasteiger partial charge in [0.1, 0.15) is 18.9 Å². The number of alkyl halides is 1. The van der Waals surface area contributed by atoms with Crippen LogP contribution in [0.3, 0.4) is 0 Å². The zero-order chi connectivity index (χ0) is 18.8. The van der Waals surface area contributed by atoms with Crippen molar-refractivity contribution in [2.75, 3.05) is 31.2 Å². The van der Waals surface area contributed by atoms with E-state index < -0.39 is 0 Å². The summed E-state index contributed by atoms with van der Waals surface area (Å²) in [5.41, 5.74) is 1.69. The van der Waals surface area contributed by atoms with Crippen LogP contribution in [0.15, 0.2) is 18.2 Å². The van der Waals surface area contributed by atoms with Crippen LogP contribution in [0.1, 0.15) is 15.2 Å². The van der Waals surface area contributed by atoms with Crippen LogP contribution in [-0.2, 0) is 4.74 Å². The van der Waals surface area contributed by atoms with E-state index >= 15 is 0 Å². The Morgan fingerprint density at radius 3 is 2.65 bits per heavy atom. The van der Waals surface area contributed by atoms with Crippen LogP contribution in [0.2, 0.25) is 10.0 Å². The van der Waals surface area contributed by atoms with Gasteiger partial charge in [-0.05, 0) is 12.1 Å². The fourth-order valence-electron chi connectivity index (χ4n) is 2.82.